The van der Waals surface area contributed by atoms with Gasteiger partial charge in [-0.1, -0.05) is 6.92 Å². The van der Waals surface area contributed by atoms with Crippen LogP contribution >= 0.6 is 24.2 Å². The Labute approximate surface area is 102 Å². The van der Waals surface area contributed by atoms with E-state index in [0.717, 1.165) is 31.9 Å². The number of nitrogens with one attached hydrogen (secondary N) is 1. The van der Waals surface area contributed by atoms with Crippen LogP contribution < -0.4 is 5.32 Å². The summed E-state index contributed by atoms with van der Waals surface area (Å²) in [5, 5.41) is 3.82. The van der Waals surface area contributed by atoms with Crippen LogP contribution in [0.3, 0.4) is 0 Å². The van der Waals surface area contributed by atoms with E-state index in [2.05, 4.69) is 17.1 Å². The molecule has 15 heavy (non-hydrogen) atoms. The lowest BCUT2D eigenvalue weighted by Gasteiger charge is -2.37. The average Bonchev–Trinajstić information content (AvgIpc) is 2.15. The summed E-state index contributed by atoms with van der Waals surface area (Å²) in [6, 6.07) is 0. The van der Waals surface area contributed by atoms with Gasteiger partial charge in [0, 0.05) is 37.2 Å². The van der Waals surface area contributed by atoms with Crippen molar-refractivity contribution in [3.63, 3.8) is 0 Å². The summed E-state index contributed by atoms with van der Waals surface area (Å²) in [5.41, 5.74) is 0. The standard InChI is InChI=1S/C10H18N2OS.ClH/c1-2-9-7-12(3-4-14-9)10(13)8-5-11-6-8;/h8-9,11H,2-7H2,1H3;1H. The SMILES string of the molecule is CCC1CN(C(=O)C2CNC2)CCS1.Cl. The second-order valence-electron chi connectivity index (χ2n) is 4.04. The molecule has 0 aromatic carbocycles. The fraction of sp³-hybridized carbons (Fsp3) is 0.900. The molecule has 0 aromatic heterocycles. The maximum atomic E-state index is 11.9. The van der Waals surface area contributed by atoms with E-state index >= 15 is 0 Å². The van der Waals surface area contributed by atoms with Crippen LogP contribution in [0.5, 0.6) is 0 Å². The van der Waals surface area contributed by atoms with Crippen molar-refractivity contribution in [2.75, 3.05) is 31.9 Å². The number of carbonyl (C=O) groups excluding carboxylic acids is 1. The summed E-state index contributed by atoms with van der Waals surface area (Å²) in [4.78, 5) is 14.0. The summed E-state index contributed by atoms with van der Waals surface area (Å²) < 4.78 is 0. The van der Waals surface area contributed by atoms with Crippen molar-refractivity contribution in [3.05, 3.63) is 0 Å². The van der Waals surface area contributed by atoms with Gasteiger partial charge in [0.2, 0.25) is 5.91 Å². The molecule has 1 amide bonds. The van der Waals surface area contributed by atoms with Crippen molar-refractivity contribution in [2.24, 2.45) is 5.92 Å². The van der Waals surface area contributed by atoms with Crippen LogP contribution in [0.1, 0.15) is 13.3 Å². The lowest BCUT2D eigenvalue weighted by Crippen LogP contribution is -2.54. The minimum absolute atomic E-state index is 0. The van der Waals surface area contributed by atoms with E-state index in [1.165, 1.54) is 6.42 Å². The highest BCUT2D eigenvalue weighted by molar-refractivity contribution is 8.00. The van der Waals surface area contributed by atoms with Gasteiger partial charge < -0.3 is 10.2 Å². The minimum atomic E-state index is 0. The predicted octanol–water partition coefficient (Wildman–Crippen LogP) is 0.982. The van der Waals surface area contributed by atoms with E-state index in [9.17, 15) is 4.79 Å². The smallest absolute Gasteiger partial charge is 0.228 e. The van der Waals surface area contributed by atoms with Crippen molar-refractivity contribution in [1.29, 1.82) is 0 Å². The van der Waals surface area contributed by atoms with Crippen LogP contribution in [-0.4, -0.2) is 48.0 Å². The molecule has 2 heterocycles. The normalized spacial score (nSPS) is 26.7. The zero-order valence-electron chi connectivity index (χ0n) is 9.07. The minimum Gasteiger partial charge on any atom is -0.340 e. The van der Waals surface area contributed by atoms with Gasteiger partial charge in [-0.25, -0.2) is 0 Å². The molecule has 0 saturated carbocycles. The van der Waals surface area contributed by atoms with Gasteiger partial charge in [0.1, 0.15) is 0 Å². The number of thioether (sulfide) groups is 1. The van der Waals surface area contributed by atoms with Gasteiger partial charge in [0.05, 0.1) is 5.92 Å². The third-order valence-electron chi connectivity index (χ3n) is 3.04. The monoisotopic (exact) mass is 250 g/mol. The Kier molecular flexibility index (Phi) is 5.23. The van der Waals surface area contributed by atoms with E-state index in [1.807, 2.05) is 11.8 Å². The Bertz CT molecular complexity index is 223. The molecule has 2 fully saturated rings. The number of hydrogen-bond acceptors (Lipinski definition) is 3. The molecule has 2 aliphatic rings. The van der Waals surface area contributed by atoms with Crippen molar-refractivity contribution < 1.29 is 4.79 Å². The molecule has 3 nitrogen and oxygen atoms in total. The van der Waals surface area contributed by atoms with E-state index in [0.29, 0.717) is 11.2 Å². The highest BCUT2D eigenvalue weighted by Crippen LogP contribution is 2.22. The summed E-state index contributed by atoms with van der Waals surface area (Å²) in [7, 11) is 0. The summed E-state index contributed by atoms with van der Waals surface area (Å²) >= 11 is 2.01. The fourth-order valence-corrected chi connectivity index (χ4v) is 3.07. The first-order valence-electron chi connectivity index (χ1n) is 5.42. The third-order valence-corrected chi connectivity index (χ3v) is 4.41. The molecule has 0 aliphatic carbocycles. The van der Waals surface area contributed by atoms with Gasteiger partial charge in [-0.2, -0.15) is 11.8 Å². The maximum Gasteiger partial charge on any atom is 0.228 e. The summed E-state index contributed by atoms with van der Waals surface area (Å²) in [6.45, 7) is 5.90. The molecule has 0 radical (unpaired) electrons. The molecular weight excluding hydrogens is 232 g/mol. The van der Waals surface area contributed by atoms with Crippen LogP contribution in [0.4, 0.5) is 0 Å². The number of carbonyl (C=O) groups is 1. The molecule has 0 bridgehead atoms. The number of rotatable bonds is 2. The van der Waals surface area contributed by atoms with Gasteiger partial charge >= 0.3 is 0 Å². The summed E-state index contributed by atoms with van der Waals surface area (Å²) in [6.07, 6.45) is 1.18. The molecule has 88 valence electrons. The molecule has 1 unspecified atom stereocenters. The van der Waals surface area contributed by atoms with Crippen molar-refractivity contribution in [3.8, 4) is 0 Å². The van der Waals surface area contributed by atoms with Crippen molar-refractivity contribution in [2.45, 2.75) is 18.6 Å². The van der Waals surface area contributed by atoms with E-state index in [1.54, 1.807) is 0 Å². The summed E-state index contributed by atoms with van der Waals surface area (Å²) in [5.74, 6) is 1.77. The second kappa shape index (κ2) is 5.97. The molecule has 2 aliphatic heterocycles. The first-order chi connectivity index (χ1) is 6.81. The molecule has 2 saturated heterocycles. The van der Waals surface area contributed by atoms with Crippen LogP contribution in [0.15, 0.2) is 0 Å². The zero-order valence-corrected chi connectivity index (χ0v) is 10.7. The molecule has 0 spiro atoms. The van der Waals surface area contributed by atoms with Crippen LogP contribution in [-0.2, 0) is 4.79 Å². The van der Waals surface area contributed by atoms with Crippen molar-refractivity contribution >= 4 is 30.1 Å². The van der Waals surface area contributed by atoms with E-state index in [-0.39, 0.29) is 18.3 Å². The lowest BCUT2D eigenvalue weighted by molar-refractivity contribution is -0.137. The number of hydrogen-bond donors (Lipinski definition) is 1. The van der Waals surface area contributed by atoms with Gasteiger partial charge in [-0.3, -0.25) is 4.79 Å². The van der Waals surface area contributed by atoms with Gasteiger partial charge in [-0.15, -0.1) is 12.4 Å². The predicted molar refractivity (Wildman–Crippen MR) is 66.7 cm³/mol. The fourth-order valence-electron chi connectivity index (χ4n) is 1.89. The average molecular weight is 251 g/mol. The first-order valence-corrected chi connectivity index (χ1v) is 6.47. The number of amides is 1. The van der Waals surface area contributed by atoms with E-state index in [4.69, 9.17) is 0 Å². The van der Waals surface area contributed by atoms with Crippen LogP contribution in [0.25, 0.3) is 0 Å². The maximum absolute atomic E-state index is 11.9. The molecule has 2 rings (SSSR count). The Hall–Kier alpha value is 0.0700. The Morgan fingerprint density at radius 3 is 2.80 bits per heavy atom. The first kappa shape index (κ1) is 13.1. The molecule has 0 aromatic rings. The van der Waals surface area contributed by atoms with Crippen LogP contribution in [0.2, 0.25) is 0 Å². The Morgan fingerprint density at radius 2 is 2.27 bits per heavy atom. The quantitative estimate of drug-likeness (QED) is 0.793. The second-order valence-corrected chi connectivity index (χ2v) is 5.45. The molecule has 1 N–H and O–H groups in total. The van der Waals surface area contributed by atoms with Crippen LogP contribution in [0, 0.1) is 5.92 Å². The molecule has 5 heteroatoms. The van der Waals surface area contributed by atoms with Gasteiger partial charge in [0.25, 0.3) is 0 Å². The number of nitrogens with zero attached hydrogens (tertiary/aromatic N) is 1. The molecule has 1 atom stereocenters. The highest BCUT2D eigenvalue weighted by Gasteiger charge is 2.31. The Morgan fingerprint density at radius 1 is 1.53 bits per heavy atom. The zero-order chi connectivity index (χ0) is 9.97. The van der Waals surface area contributed by atoms with Crippen molar-refractivity contribution in [1.82, 2.24) is 10.2 Å². The van der Waals surface area contributed by atoms with Gasteiger partial charge in [0.15, 0.2) is 0 Å². The van der Waals surface area contributed by atoms with Gasteiger partial charge in [-0.05, 0) is 6.42 Å². The molecular formula is C10H19ClN2OS. The largest absolute Gasteiger partial charge is 0.340 e. The van der Waals surface area contributed by atoms with E-state index < -0.39 is 0 Å². The third kappa shape index (κ3) is 3.02. The number of halogens is 1. The lowest BCUT2D eigenvalue weighted by atomic mass is 10.0. The topological polar surface area (TPSA) is 32.3 Å². The Balaban J connectivity index is 0.00000112. The highest BCUT2D eigenvalue weighted by atomic mass is 35.5.